The Kier molecular flexibility index (Phi) is 5.25. The summed E-state index contributed by atoms with van der Waals surface area (Å²) >= 11 is 0. The van der Waals surface area contributed by atoms with Crippen molar-refractivity contribution in [1.82, 2.24) is 10.6 Å². The Morgan fingerprint density at radius 2 is 2.12 bits per heavy atom. The predicted octanol–water partition coefficient (Wildman–Crippen LogP) is 0.498. The van der Waals surface area contributed by atoms with Crippen molar-refractivity contribution < 1.29 is 14.7 Å². The van der Waals surface area contributed by atoms with Crippen molar-refractivity contribution >= 4 is 11.9 Å². The van der Waals surface area contributed by atoms with Crippen LogP contribution >= 0.6 is 0 Å². The molecule has 1 fully saturated rings. The third-order valence-corrected chi connectivity index (χ3v) is 2.57. The summed E-state index contributed by atoms with van der Waals surface area (Å²) in [6, 6.07) is -0.155. The van der Waals surface area contributed by atoms with E-state index in [2.05, 4.69) is 10.6 Å². The molecule has 1 amide bonds. The van der Waals surface area contributed by atoms with Crippen LogP contribution in [0.2, 0.25) is 0 Å². The van der Waals surface area contributed by atoms with Crippen molar-refractivity contribution in [2.45, 2.75) is 51.1 Å². The molecule has 0 unspecified atom stereocenters. The first-order valence-corrected chi connectivity index (χ1v) is 5.89. The van der Waals surface area contributed by atoms with E-state index >= 15 is 0 Å². The molecule has 1 saturated carbocycles. The zero-order valence-corrected chi connectivity index (χ0v) is 9.66. The van der Waals surface area contributed by atoms with Crippen LogP contribution in [-0.4, -0.2) is 35.6 Å². The van der Waals surface area contributed by atoms with Crippen LogP contribution in [0.1, 0.15) is 39.0 Å². The van der Waals surface area contributed by atoms with E-state index in [1.54, 1.807) is 0 Å². The van der Waals surface area contributed by atoms with Crippen LogP contribution in [0, 0.1) is 0 Å². The van der Waals surface area contributed by atoms with Crippen LogP contribution in [0.15, 0.2) is 0 Å². The molecular weight excluding hydrogens is 208 g/mol. The van der Waals surface area contributed by atoms with Crippen molar-refractivity contribution in [3.8, 4) is 0 Å². The minimum absolute atomic E-state index is 0.186. The maximum atomic E-state index is 11.4. The van der Waals surface area contributed by atoms with E-state index in [0.717, 1.165) is 6.42 Å². The highest BCUT2D eigenvalue weighted by Crippen LogP contribution is 2.18. The SMILES string of the molecule is CCC[C@@H](NC(=O)CCNC1CC1)C(=O)O. The first kappa shape index (κ1) is 13.0. The normalized spacial score (nSPS) is 16.8. The molecule has 0 saturated heterocycles. The van der Waals surface area contributed by atoms with Gasteiger partial charge in [-0.3, -0.25) is 4.79 Å². The maximum Gasteiger partial charge on any atom is 0.326 e. The molecule has 0 aromatic rings. The molecule has 1 aliphatic carbocycles. The van der Waals surface area contributed by atoms with E-state index in [-0.39, 0.29) is 5.91 Å². The summed E-state index contributed by atoms with van der Waals surface area (Å²) in [5.41, 5.74) is 0. The minimum Gasteiger partial charge on any atom is -0.480 e. The van der Waals surface area contributed by atoms with Gasteiger partial charge in [0, 0.05) is 19.0 Å². The topological polar surface area (TPSA) is 78.4 Å². The number of carboxylic acids is 1. The van der Waals surface area contributed by atoms with E-state index < -0.39 is 12.0 Å². The summed E-state index contributed by atoms with van der Waals surface area (Å²) in [5, 5.41) is 14.6. The summed E-state index contributed by atoms with van der Waals surface area (Å²) in [5.74, 6) is -1.14. The standard InChI is InChI=1S/C11H20N2O3/c1-2-3-9(11(15)16)13-10(14)6-7-12-8-4-5-8/h8-9,12H,2-7H2,1H3,(H,13,14)(H,15,16)/t9-/m1/s1. The molecule has 0 aromatic carbocycles. The second kappa shape index (κ2) is 6.48. The Morgan fingerprint density at radius 3 is 2.62 bits per heavy atom. The van der Waals surface area contributed by atoms with Crippen molar-refractivity contribution in [2.75, 3.05) is 6.54 Å². The smallest absolute Gasteiger partial charge is 0.326 e. The number of nitrogens with one attached hydrogen (secondary N) is 2. The number of rotatable bonds is 8. The molecule has 0 bridgehead atoms. The Morgan fingerprint density at radius 1 is 1.44 bits per heavy atom. The minimum atomic E-state index is -0.953. The fourth-order valence-corrected chi connectivity index (χ4v) is 1.49. The lowest BCUT2D eigenvalue weighted by Gasteiger charge is -2.13. The second-order valence-electron chi connectivity index (χ2n) is 4.23. The van der Waals surface area contributed by atoms with E-state index in [4.69, 9.17) is 5.11 Å². The molecule has 0 aromatic heterocycles. The molecule has 5 nitrogen and oxygen atoms in total. The number of carbonyl (C=O) groups is 2. The molecule has 3 N–H and O–H groups in total. The molecule has 1 aliphatic rings. The van der Waals surface area contributed by atoms with E-state index in [1.165, 1.54) is 12.8 Å². The van der Waals surface area contributed by atoms with Gasteiger partial charge in [-0.1, -0.05) is 13.3 Å². The highest BCUT2D eigenvalue weighted by molar-refractivity contribution is 5.83. The summed E-state index contributed by atoms with van der Waals surface area (Å²) in [6.45, 7) is 2.53. The van der Waals surface area contributed by atoms with Crippen LogP contribution < -0.4 is 10.6 Å². The van der Waals surface area contributed by atoms with Gasteiger partial charge in [-0.15, -0.1) is 0 Å². The summed E-state index contributed by atoms with van der Waals surface area (Å²) < 4.78 is 0. The Balaban J connectivity index is 2.15. The van der Waals surface area contributed by atoms with Gasteiger partial charge in [0.2, 0.25) is 5.91 Å². The number of hydrogen-bond donors (Lipinski definition) is 3. The number of hydrogen-bond acceptors (Lipinski definition) is 3. The Labute approximate surface area is 95.6 Å². The summed E-state index contributed by atoms with van der Waals surface area (Å²) in [6.07, 6.45) is 3.96. The first-order valence-electron chi connectivity index (χ1n) is 5.89. The third kappa shape index (κ3) is 5.11. The van der Waals surface area contributed by atoms with Gasteiger partial charge in [0.25, 0.3) is 0 Å². The van der Waals surface area contributed by atoms with Crippen LogP contribution in [0.5, 0.6) is 0 Å². The summed E-state index contributed by atoms with van der Waals surface area (Å²) in [4.78, 5) is 22.2. The predicted molar refractivity (Wildman–Crippen MR) is 60.1 cm³/mol. The fraction of sp³-hybridized carbons (Fsp3) is 0.818. The molecule has 0 heterocycles. The fourth-order valence-electron chi connectivity index (χ4n) is 1.49. The molecule has 92 valence electrons. The lowest BCUT2D eigenvalue weighted by Crippen LogP contribution is -2.41. The molecule has 0 radical (unpaired) electrons. The van der Waals surface area contributed by atoms with Gasteiger partial charge in [0.05, 0.1) is 0 Å². The van der Waals surface area contributed by atoms with E-state index in [9.17, 15) is 9.59 Å². The van der Waals surface area contributed by atoms with Crippen LogP contribution in [0.25, 0.3) is 0 Å². The Bertz CT molecular complexity index is 252. The van der Waals surface area contributed by atoms with Gasteiger partial charge in [-0.05, 0) is 19.3 Å². The van der Waals surface area contributed by atoms with Crippen LogP contribution in [-0.2, 0) is 9.59 Å². The zero-order valence-electron chi connectivity index (χ0n) is 9.66. The number of aliphatic carboxylic acids is 1. The van der Waals surface area contributed by atoms with Crippen molar-refractivity contribution in [2.24, 2.45) is 0 Å². The maximum absolute atomic E-state index is 11.4. The zero-order chi connectivity index (χ0) is 12.0. The monoisotopic (exact) mass is 228 g/mol. The number of amides is 1. The van der Waals surface area contributed by atoms with Gasteiger partial charge in [0.15, 0.2) is 0 Å². The lowest BCUT2D eigenvalue weighted by molar-refractivity contribution is -0.142. The number of carbonyl (C=O) groups excluding carboxylic acids is 1. The lowest BCUT2D eigenvalue weighted by atomic mass is 10.1. The number of carboxylic acid groups (broad SMARTS) is 1. The molecule has 1 atom stereocenters. The largest absolute Gasteiger partial charge is 0.480 e. The quantitative estimate of drug-likeness (QED) is 0.565. The third-order valence-electron chi connectivity index (χ3n) is 2.57. The molecule has 0 aliphatic heterocycles. The van der Waals surface area contributed by atoms with E-state index in [0.29, 0.717) is 25.4 Å². The van der Waals surface area contributed by atoms with Gasteiger partial charge in [-0.2, -0.15) is 0 Å². The van der Waals surface area contributed by atoms with Gasteiger partial charge < -0.3 is 15.7 Å². The van der Waals surface area contributed by atoms with Gasteiger partial charge in [0.1, 0.15) is 6.04 Å². The molecule has 5 heteroatoms. The molecule has 1 rings (SSSR count). The van der Waals surface area contributed by atoms with Crippen molar-refractivity contribution in [3.05, 3.63) is 0 Å². The molecular formula is C11H20N2O3. The highest BCUT2D eigenvalue weighted by Gasteiger charge is 2.21. The van der Waals surface area contributed by atoms with Crippen molar-refractivity contribution in [1.29, 1.82) is 0 Å². The first-order chi connectivity index (χ1) is 7.63. The molecule has 0 spiro atoms. The Hall–Kier alpha value is -1.10. The van der Waals surface area contributed by atoms with Gasteiger partial charge >= 0.3 is 5.97 Å². The summed E-state index contributed by atoms with van der Waals surface area (Å²) in [7, 11) is 0. The van der Waals surface area contributed by atoms with E-state index in [1.807, 2.05) is 6.92 Å². The van der Waals surface area contributed by atoms with Crippen LogP contribution in [0.3, 0.4) is 0 Å². The second-order valence-corrected chi connectivity index (χ2v) is 4.23. The van der Waals surface area contributed by atoms with Gasteiger partial charge in [-0.25, -0.2) is 4.79 Å². The molecule has 16 heavy (non-hydrogen) atoms. The average Bonchev–Trinajstić information content (AvgIpc) is 3.01. The van der Waals surface area contributed by atoms with Crippen molar-refractivity contribution in [3.63, 3.8) is 0 Å². The van der Waals surface area contributed by atoms with Crippen LogP contribution in [0.4, 0.5) is 0 Å². The highest BCUT2D eigenvalue weighted by atomic mass is 16.4. The average molecular weight is 228 g/mol.